The Balaban J connectivity index is 0.00000264. The topological polar surface area (TPSA) is 84.5 Å². The maximum atomic E-state index is 12.2. The number of benzene rings is 1. The number of rotatable bonds is 7. The van der Waals surface area contributed by atoms with Crippen LogP contribution in [0.4, 0.5) is 0 Å². The van der Waals surface area contributed by atoms with Crippen LogP contribution in [0.25, 0.3) is 10.1 Å². The van der Waals surface area contributed by atoms with Gasteiger partial charge in [-0.05, 0) is 43.6 Å². The third kappa shape index (κ3) is 4.89. The lowest BCUT2D eigenvalue weighted by Gasteiger charge is -2.06. The minimum atomic E-state index is -3.55. The van der Waals surface area contributed by atoms with Crippen LogP contribution < -0.4 is 10.0 Å². The van der Waals surface area contributed by atoms with E-state index in [1.807, 2.05) is 0 Å². The van der Waals surface area contributed by atoms with Gasteiger partial charge in [0, 0.05) is 17.8 Å². The van der Waals surface area contributed by atoms with E-state index in [4.69, 9.17) is 4.74 Å². The molecule has 0 aliphatic heterocycles. The number of likely N-dealkylation sites (N-methyl/N-ethyl adjacent to an activating group) is 1. The number of fused-ring (bicyclic) bond motifs is 1. The van der Waals surface area contributed by atoms with Crippen molar-refractivity contribution in [2.45, 2.75) is 11.8 Å². The van der Waals surface area contributed by atoms with Crippen molar-refractivity contribution in [3.05, 3.63) is 29.1 Å². The van der Waals surface area contributed by atoms with Gasteiger partial charge in [-0.25, -0.2) is 17.9 Å². The van der Waals surface area contributed by atoms with Crippen LogP contribution in [0.5, 0.6) is 0 Å². The second-order valence-corrected chi connectivity index (χ2v) is 7.38. The summed E-state index contributed by atoms with van der Waals surface area (Å²) in [4.78, 5) is 12.4. The predicted octanol–water partition coefficient (Wildman–Crippen LogP) is 2.00. The third-order valence-corrected chi connectivity index (χ3v) is 5.50. The number of ether oxygens (including phenoxy) is 1. The lowest BCUT2D eigenvalue weighted by molar-refractivity contribution is 0.0532. The van der Waals surface area contributed by atoms with Crippen molar-refractivity contribution in [3.8, 4) is 0 Å². The third-order valence-electron chi connectivity index (χ3n) is 2.94. The Morgan fingerprint density at radius 2 is 2.00 bits per heavy atom. The first-order valence-corrected chi connectivity index (χ1v) is 9.13. The van der Waals surface area contributed by atoms with Crippen LogP contribution >= 0.6 is 23.7 Å². The quantitative estimate of drug-likeness (QED) is 0.568. The van der Waals surface area contributed by atoms with Gasteiger partial charge in [0.15, 0.2) is 0 Å². The monoisotopic (exact) mass is 378 g/mol. The van der Waals surface area contributed by atoms with Gasteiger partial charge in [0.25, 0.3) is 0 Å². The van der Waals surface area contributed by atoms with Crippen molar-refractivity contribution in [2.75, 3.05) is 26.7 Å². The Kier molecular flexibility index (Phi) is 7.43. The normalized spacial score (nSPS) is 11.2. The maximum Gasteiger partial charge on any atom is 0.348 e. The van der Waals surface area contributed by atoms with Crippen LogP contribution in [0.2, 0.25) is 0 Å². The Morgan fingerprint density at radius 3 is 2.65 bits per heavy atom. The molecule has 0 spiro atoms. The molecule has 1 heterocycles. The van der Waals surface area contributed by atoms with Crippen molar-refractivity contribution < 1.29 is 17.9 Å². The average molecular weight is 379 g/mol. The molecule has 0 fully saturated rings. The van der Waals surface area contributed by atoms with E-state index in [-0.39, 0.29) is 23.3 Å². The highest BCUT2D eigenvalue weighted by molar-refractivity contribution is 7.89. The summed E-state index contributed by atoms with van der Waals surface area (Å²) in [6.07, 6.45) is 0. The zero-order valence-corrected chi connectivity index (χ0v) is 15.2. The summed E-state index contributed by atoms with van der Waals surface area (Å²) in [5.74, 6) is -0.389. The van der Waals surface area contributed by atoms with E-state index in [1.54, 1.807) is 32.2 Å². The largest absolute Gasteiger partial charge is 0.462 e. The van der Waals surface area contributed by atoms with Crippen molar-refractivity contribution in [1.82, 2.24) is 10.0 Å². The van der Waals surface area contributed by atoms with Gasteiger partial charge in [0.05, 0.1) is 11.5 Å². The number of halogens is 1. The second kappa shape index (κ2) is 8.60. The van der Waals surface area contributed by atoms with E-state index < -0.39 is 10.0 Å². The summed E-state index contributed by atoms with van der Waals surface area (Å²) in [5.41, 5.74) is 0. The minimum absolute atomic E-state index is 0. The van der Waals surface area contributed by atoms with Gasteiger partial charge in [0.1, 0.15) is 4.88 Å². The van der Waals surface area contributed by atoms with Gasteiger partial charge in [-0.3, -0.25) is 0 Å². The summed E-state index contributed by atoms with van der Waals surface area (Å²) >= 11 is 1.29. The van der Waals surface area contributed by atoms with Crippen LogP contribution in [-0.2, 0) is 14.8 Å². The fourth-order valence-electron chi connectivity index (χ4n) is 1.89. The number of thiophene rings is 1. The first kappa shape index (κ1) is 19.9. The minimum Gasteiger partial charge on any atom is -0.462 e. The number of hydrogen-bond acceptors (Lipinski definition) is 6. The molecule has 2 rings (SSSR count). The molecular formula is C14H19ClN2O4S2. The number of esters is 1. The van der Waals surface area contributed by atoms with Crippen LogP contribution in [0.1, 0.15) is 16.6 Å². The molecule has 0 aliphatic carbocycles. The van der Waals surface area contributed by atoms with Gasteiger partial charge >= 0.3 is 5.97 Å². The molecule has 2 aromatic rings. The molecule has 23 heavy (non-hydrogen) atoms. The SMILES string of the molecule is CCOC(=O)c1cc2cc(S(=O)(=O)NCCNC)ccc2s1.Cl. The summed E-state index contributed by atoms with van der Waals surface area (Å²) in [6, 6.07) is 6.46. The smallest absolute Gasteiger partial charge is 0.348 e. The van der Waals surface area contributed by atoms with Gasteiger partial charge < -0.3 is 10.1 Å². The van der Waals surface area contributed by atoms with Gasteiger partial charge in [-0.1, -0.05) is 0 Å². The number of hydrogen-bond donors (Lipinski definition) is 2. The second-order valence-electron chi connectivity index (χ2n) is 4.53. The zero-order valence-electron chi connectivity index (χ0n) is 12.8. The van der Waals surface area contributed by atoms with Crippen molar-refractivity contribution >= 4 is 49.8 Å². The zero-order chi connectivity index (χ0) is 16.2. The van der Waals surface area contributed by atoms with E-state index in [0.29, 0.717) is 30.0 Å². The van der Waals surface area contributed by atoms with E-state index in [9.17, 15) is 13.2 Å². The van der Waals surface area contributed by atoms with Crippen molar-refractivity contribution in [3.63, 3.8) is 0 Å². The highest BCUT2D eigenvalue weighted by Gasteiger charge is 2.16. The van der Waals surface area contributed by atoms with Gasteiger partial charge in [-0.2, -0.15) is 0 Å². The standard InChI is InChI=1S/C14H18N2O4S2.ClH/c1-3-20-14(17)13-9-10-8-11(4-5-12(10)21-13)22(18,19)16-7-6-15-2;/h4-5,8-9,15-16H,3,6-7H2,1-2H3;1H. The molecule has 0 bridgehead atoms. The van der Waals surface area contributed by atoms with Crippen LogP contribution in [0.15, 0.2) is 29.2 Å². The summed E-state index contributed by atoms with van der Waals surface area (Å²) < 4.78 is 32.6. The molecule has 6 nitrogen and oxygen atoms in total. The fraction of sp³-hybridized carbons (Fsp3) is 0.357. The van der Waals surface area contributed by atoms with Crippen molar-refractivity contribution in [2.24, 2.45) is 0 Å². The number of sulfonamides is 1. The highest BCUT2D eigenvalue weighted by atomic mass is 35.5. The lowest BCUT2D eigenvalue weighted by Crippen LogP contribution is -2.30. The van der Waals surface area contributed by atoms with E-state index in [0.717, 1.165) is 4.70 Å². The molecule has 1 aromatic carbocycles. The fourth-order valence-corrected chi connectivity index (χ4v) is 3.89. The Morgan fingerprint density at radius 1 is 1.26 bits per heavy atom. The van der Waals surface area contributed by atoms with E-state index in [2.05, 4.69) is 10.0 Å². The molecule has 0 amide bonds. The first-order chi connectivity index (χ1) is 10.5. The van der Waals surface area contributed by atoms with E-state index >= 15 is 0 Å². The predicted molar refractivity (Wildman–Crippen MR) is 94.1 cm³/mol. The number of carbonyl (C=O) groups excluding carboxylic acids is 1. The molecule has 0 unspecified atom stereocenters. The van der Waals surface area contributed by atoms with Gasteiger partial charge in [-0.15, -0.1) is 23.7 Å². The lowest BCUT2D eigenvalue weighted by atomic mass is 10.2. The molecule has 0 radical (unpaired) electrons. The summed E-state index contributed by atoms with van der Waals surface area (Å²) in [6.45, 7) is 2.91. The summed E-state index contributed by atoms with van der Waals surface area (Å²) in [5, 5.41) is 3.58. The molecule has 0 saturated carbocycles. The molecule has 9 heteroatoms. The van der Waals surface area contributed by atoms with Crippen LogP contribution in [0.3, 0.4) is 0 Å². The Labute approximate surface area is 145 Å². The molecule has 2 N–H and O–H groups in total. The Hall–Kier alpha value is -1.19. The van der Waals surface area contributed by atoms with Crippen molar-refractivity contribution in [1.29, 1.82) is 0 Å². The molecule has 0 aliphatic rings. The molecule has 128 valence electrons. The first-order valence-electron chi connectivity index (χ1n) is 6.83. The van der Waals surface area contributed by atoms with Crippen LogP contribution in [0, 0.1) is 0 Å². The number of nitrogens with one attached hydrogen (secondary N) is 2. The van der Waals surface area contributed by atoms with Crippen LogP contribution in [-0.4, -0.2) is 41.1 Å². The van der Waals surface area contributed by atoms with Gasteiger partial charge in [0.2, 0.25) is 10.0 Å². The highest BCUT2D eigenvalue weighted by Crippen LogP contribution is 2.28. The maximum absolute atomic E-state index is 12.2. The van der Waals surface area contributed by atoms with E-state index in [1.165, 1.54) is 17.4 Å². The molecular weight excluding hydrogens is 360 g/mol. The Bertz CT molecular complexity index is 774. The molecule has 1 aromatic heterocycles. The average Bonchev–Trinajstić information content (AvgIpc) is 2.90. The number of carbonyl (C=O) groups is 1. The molecule has 0 saturated heterocycles. The molecule has 0 atom stereocenters. The summed E-state index contributed by atoms with van der Waals surface area (Å²) in [7, 11) is -1.79.